The molecule has 5 nitrogen and oxygen atoms in total. The predicted molar refractivity (Wildman–Crippen MR) is 126 cm³/mol. The van der Waals surface area contributed by atoms with Gasteiger partial charge in [0.05, 0.1) is 13.2 Å². The third-order valence-corrected chi connectivity index (χ3v) is 4.98. The minimum Gasteiger partial charge on any atom is -0.379 e. The molecular weight excluding hydrogens is 501 g/mol. The Balaban J connectivity index is 0.00000320. The normalized spacial score (nSPS) is 14.8. The Kier molecular flexibility index (Phi) is 10.5. The lowest BCUT2D eigenvalue weighted by Gasteiger charge is -2.27. The molecule has 8 heteroatoms. The molecule has 0 radical (unpaired) electrons. The Hall–Kier alpha value is -1.78. The number of benzene rings is 2. The number of aliphatic imine (C=N–C) groups is 1. The van der Waals surface area contributed by atoms with E-state index in [0.29, 0.717) is 31.0 Å². The van der Waals surface area contributed by atoms with Crippen molar-refractivity contribution in [2.75, 3.05) is 39.9 Å². The number of halogens is 3. The maximum Gasteiger partial charge on any atom is 0.191 e. The van der Waals surface area contributed by atoms with Crippen molar-refractivity contribution < 1.29 is 13.5 Å². The van der Waals surface area contributed by atoms with E-state index in [1.54, 1.807) is 7.05 Å². The smallest absolute Gasteiger partial charge is 0.191 e. The molecule has 2 N–H and O–H groups in total. The summed E-state index contributed by atoms with van der Waals surface area (Å²) in [5.74, 6) is -0.197. The minimum absolute atomic E-state index is 0. The second kappa shape index (κ2) is 12.8. The molecule has 0 atom stereocenters. The lowest BCUT2D eigenvalue weighted by atomic mass is 10.1. The Morgan fingerprint density at radius 3 is 2.50 bits per heavy atom. The van der Waals surface area contributed by atoms with Gasteiger partial charge in [-0.2, -0.15) is 0 Å². The standard InChI is InChI=1S/C22H28F2N4O.HI/c1-25-22(26-9-8-17-14-20(23)6-7-21(17)24)27-15-18-4-2-3-5-19(18)16-28-10-12-29-13-11-28;/h2-7,14H,8-13,15-16H2,1H3,(H2,25,26,27);1H. The zero-order valence-corrected chi connectivity index (χ0v) is 19.5. The second-order valence-electron chi connectivity index (χ2n) is 7.00. The van der Waals surface area contributed by atoms with Crippen LogP contribution in [-0.4, -0.2) is 50.8 Å². The molecule has 0 saturated carbocycles. The largest absolute Gasteiger partial charge is 0.379 e. The summed E-state index contributed by atoms with van der Waals surface area (Å²) in [5.41, 5.74) is 2.83. The number of morpholine rings is 1. The van der Waals surface area contributed by atoms with Crippen LogP contribution in [0.15, 0.2) is 47.5 Å². The fourth-order valence-corrected chi connectivity index (χ4v) is 3.33. The van der Waals surface area contributed by atoms with Gasteiger partial charge in [0.15, 0.2) is 5.96 Å². The van der Waals surface area contributed by atoms with Crippen molar-refractivity contribution in [2.45, 2.75) is 19.5 Å². The van der Waals surface area contributed by atoms with Gasteiger partial charge in [-0.15, -0.1) is 24.0 Å². The molecule has 30 heavy (non-hydrogen) atoms. The highest BCUT2D eigenvalue weighted by molar-refractivity contribution is 14.0. The van der Waals surface area contributed by atoms with Crippen molar-refractivity contribution in [3.8, 4) is 0 Å². The van der Waals surface area contributed by atoms with Crippen LogP contribution >= 0.6 is 24.0 Å². The highest BCUT2D eigenvalue weighted by atomic mass is 127. The minimum atomic E-state index is -0.430. The van der Waals surface area contributed by atoms with Crippen LogP contribution in [0, 0.1) is 11.6 Å². The number of hydrogen-bond donors (Lipinski definition) is 2. The summed E-state index contributed by atoms with van der Waals surface area (Å²) in [6.45, 7) is 5.44. The van der Waals surface area contributed by atoms with E-state index >= 15 is 0 Å². The Labute approximate surface area is 193 Å². The van der Waals surface area contributed by atoms with Crippen LogP contribution in [0.4, 0.5) is 8.78 Å². The third-order valence-electron chi connectivity index (χ3n) is 4.98. The molecule has 0 aliphatic carbocycles. The summed E-state index contributed by atoms with van der Waals surface area (Å²) in [5, 5.41) is 6.46. The van der Waals surface area contributed by atoms with Crippen molar-refractivity contribution >= 4 is 29.9 Å². The first-order valence-electron chi connectivity index (χ1n) is 9.91. The Morgan fingerprint density at radius 1 is 1.03 bits per heavy atom. The number of ether oxygens (including phenoxy) is 1. The number of nitrogens with zero attached hydrogens (tertiary/aromatic N) is 2. The molecule has 0 amide bonds. The fraction of sp³-hybridized carbons (Fsp3) is 0.409. The van der Waals surface area contributed by atoms with E-state index in [2.05, 4.69) is 38.7 Å². The molecule has 0 bridgehead atoms. The SMILES string of the molecule is CN=C(NCCc1cc(F)ccc1F)NCc1ccccc1CN1CCOCC1.I. The van der Waals surface area contributed by atoms with E-state index in [9.17, 15) is 8.78 Å². The maximum atomic E-state index is 13.7. The molecule has 1 saturated heterocycles. The molecule has 0 unspecified atom stereocenters. The summed E-state index contributed by atoms with van der Waals surface area (Å²) < 4.78 is 32.4. The van der Waals surface area contributed by atoms with Crippen molar-refractivity contribution in [3.05, 3.63) is 70.8 Å². The summed E-state index contributed by atoms with van der Waals surface area (Å²) in [7, 11) is 1.69. The molecular formula is C22H29F2IN4O. The zero-order valence-electron chi connectivity index (χ0n) is 17.2. The molecule has 1 fully saturated rings. The lowest BCUT2D eigenvalue weighted by molar-refractivity contribution is 0.0341. The van der Waals surface area contributed by atoms with E-state index in [1.165, 1.54) is 17.2 Å². The molecule has 3 rings (SSSR count). The average Bonchev–Trinajstić information content (AvgIpc) is 2.74. The predicted octanol–water partition coefficient (Wildman–Crippen LogP) is 3.32. The highest BCUT2D eigenvalue weighted by Crippen LogP contribution is 2.13. The first-order valence-corrected chi connectivity index (χ1v) is 9.91. The van der Waals surface area contributed by atoms with Crippen molar-refractivity contribution in [3.63, 3.8) is 0 Å². The average molecular weight is 530 g/mol. The van der Waals surface area contributed by atoms with Crippen LogP contribution in [0.25, 0.3) is 0 Å². The maximum absolute atomic E-state index is 13.7. The second-order valence-corrected chi connectivity index (χ2v) is 7.00. The summed E-state index contributed by atoms with van der Waals surface area (Å²) in [6, 6.07) is 11.9. The van der Waals surface area contributed by atoms with Crippen LogP contribution in [0.5, 0.6) is 0 Å². The number of nitrogens with one attached hydrogen (secondary N) is 2. The fourth-order valence-electron chi connectivity index (χ4n) is 3.33. The van der Waals surface area contributed by atoms with Crippen LogP contribution < -0.4 is 10.6 Å². The van der Waals surface area contributed by atoms with Crippen molar-refractivity contribution in [1.29, 1.82) is 0 Å². The van der Waals surface area contributed by atoms with Gasteiger partial charge in [-0.1, -0.05) is 24.3 Å². The Bertz CT molecular complexity index is 829. The van der Waals surface area contributed by atoms with Crippen LogP contribution in [0.2, 0.25) is 0 Å². The first kappa shape index (κ1) is 24.5. The molecule has 2 aromatic carbocycles. The lowest BCUT2D eigenvalue weighted by Crippen LogP contribution is -2.38. The van der Waals surface area contributed by atoms with E-state index in [-0.39, 0.29) is 24.0 Å². The van der Waals surface area contributed by atoms with Gasteiger partial charge >= 0.3 is 0 Å². The van der Waals surface area contributed by atoms with Gasteiger partial charge in [0.2, 0.25) is 0 Å². The van der Waals surface area contributed by atoms with Gasteiger partial charge in [0.25, 0.3) is 0 Å². The molecule has 1 heterocycles. The van der Waals surface area contributed by atoms with Gasteiger partial charge in [-0.3, -0.25) is 9.89 Å². The van der Waals surface area contributed by atoms with E-state index < -0.39 is 11.6 Å². The monoisotopic (exact) mass is 530 g/mol. The summed E-state index contributed by atoms with van der Waals surface area (Å²) in [4.78, 5) is 6.61. The van der Waals surface area contributed by atoms with Crippen molar-refractivity contribution in [2.24, 2.45) is 4.99 Å². The van der Waals surface area contributed by atoms with Gasteiger partial charge in [-0.05, 0) is 41.3 Å². The molecule has 1 aliphatic rings. The summed E-state index contributed by atoms with van der Waals surface area (Å²) in [6.07, 6.45) is 0.373. The van der Waals surface area contributed by atoms with Crippen LogP contribution in [0.3, 0.4) is 0 Å². The summed E-state index contributed by atoms with van der Waals surface area (Å²) >= 11 is 0. The van der Waals surface area contributed by atoms with Gasteiger partial charge in [0.1, 0.15) is 11.6 Å². The van der Waals surface area contributed by atoms with Gasteiger partial charge < -0.3 is 15.4 Å². The van der Waals surface area contributed by atoms with E-state index in [4.69, 9.17) is 4.74 Å². The van der Waals surface area contributed by atoms with E-state index in [0.717, 1.165) is 45.0 Å². The molecule has 2 aromatic rings. The highest BCUT2D eigenvalue weighted by Gasteiger charge is 2.13. The topological polar surface area (TPSA) is 48.9 Å². The van der Waals surface area contributed by atoms with Gasteiger partial charge in [-0.25, -0.2) is 8.78 Å². The molecule has 164 valence electrons. The van der Waals surface area contributed by atoms with Gasteiger partial charge in [0, 0.05) is 39.8 Å². The number of guanidine groups is 1. The van der Waals surface area contributed by atoms with Crippen LogP contribution in [0.1, 0.15) is 16.7 Å². The molecule has 0 spiro atoms. The Morgan fingerprint density at radius 2 is 1.77 bits per heavy atom. The number of hydrogen-bond acceptors (Lipinski definition) is 3. The zero-order chi connectivity index (χ0) is 20.5. The first-order chi connectivity index (χ1) is 14.2. The quantitative estimate of drug-likeness (QED) is 0.328. The molecule has 0 aromatic heterocycles. The van der Waals surface area contributed by atoms with Crippen molar-refractivity contribution in [1.82, 2.24) is 15.5 Å². The van der Waals surface area contributed by atoms with E-state index in [1.807, 2.05) is 6.07 Å². The molecule has 1 aliphatic heterocycles. The van der Waals surface area contributed by atoms with Crippen LogP contribution in [-0.2, 0) is 24.2 Å². The third kappa shape index (κ3) is 7.48. The number of rotatable bonds is 7.